The molecule has 15 nitrogen and oxygen atoms in total. The second-order valence-electron chi connectivity index (χ2n) is 19.0. The van der Waals surface area contributed by atoms with Gasteiger partial charge < -0.3 is 34.3 Å². The Morgan fingerprint density at radius 1 is 0.770 bits per heavy atom. The third kappa shape index (κ3) is 9.51. The molecule has 74 heavy (non-hydrogen) atoms. The number of nitrogens with zero attached hydrogens (tertiary/aromatic N) is 3. The second-order valence-corrected chi connectivity index (χ2v) is 19.0. The number of rotatable bonds is 12. The van der Waals surface area contributed by atoms with Crippen LogP contribution in [0.3, 0.4) is 0 Å². The SMILES string of the molecule is COC(=O)C(CC#Cc1ccc2c(c1)[C@]1(C(=O)N2C(=O)N[C@H](C)c2ccccc2)[C@H](c2ccccc2OCCO)N2[C@H](c3ccccc3)[C@H](c3ccccc3)OC(=O)[C@H]2[C@@H]1C(=O)N1CCCCCCC1)C(=O)OC. The lowest BCUT2D eigenvalue weighted by Crippen LogP contribution is -2.57. The molecule has 5 aromatic rings. The molecule has 0 unspecified atom stereocenters. The first-order chi connectivity index (χ1) is 36.0. The van der Waals surface area contributed by atoms with Gasteiger partial charge in [0.2, 0.25) is 11.8 Å². The van der Waals surface area contributed by atoms with Crippen LogP contribution in [0.1, 0.15) is 103 Å². The zero-order valence-electron chi connectivity index (χ0n) is 41.7. The molecule has 4 aliphatic rings. The van der Waals surface area contributed by atoms with Crippen LogP contribution in [0.4, 0.5) is 10.5 Å². The Balaban J connectivity index is 1.36. The molecule has 0 aromatic heterocycles. The Morgan fingerprint density at radius 2 is 1.38 bits per heavy atom. The lowest BCUT2D eigenvalue weighted by molar-refractivity contribution is -0.179. The van der Waals surface area contributed by atoms with E-state index in [1.807, 2.05) is 103 Å². The Labute approximate surface area is 430 Å². The van der Waals surface area contributed by atoms with Crippen LogP contribution >= 0.6 is 0 Å². The molecule has 3 fully saturated rings. The number of anilines is 1. The van der Waals surface area contributed by atoms with Crippen molar-refractivity contribution >= 4 is 41.4 Å². The van der Waals surface area contributed by atoms with Gasteiger partial charge in [-0.2, -0.15) is 0 Å². The number of esters is 3. The number of imide groups is 1. The lowest BCUT2D eigenvalue weighted by Gasteiger charge is -2.46. The molecule has 15 heteroatoms. The number of likely N-dealkylation sites (tertiary alicyclic amines) is 1. The Kier molecular flexibility index (Phi) is 15.6. The van der Waals surface area contributed by atoms with Crippen LogP contribution in [0.5, 0.6) is 5.75 Å². The summed E-state index contributed by atoms with van der Waals surface area (Å²) < 4.78 is 22.8. The van der Waals surface area contributed by atoms with Crippen molar-refractivity contribution in [1.29, 1.82) is 0 Å². The van der Waals surface area contributed by atoms with E-state index < -0.39 is 83.3 Å². The van der Waals surface area contributed by atoms with Gasteiger partial charge in [-0.15, -0.1) is 0 Å². The smallest absolute Gasteiger partial charge is 0.329 e. The number of ether oxygens (including phenoxy) is 4. The minimum Gasteiger partial charge on any atom is -0.491 e. The number of methoxy groups -OCH3 is 2. The fourth-order valence-electron chi connectivity index (χ4n) is 11.5. The van der Waals surface area contributed by atoms with Gasteiger partial charge in [-0.25, -0.2) is 9.69 Å². The van der Waals surface area contributed by atoms with Crippen LogP contribution < -0.4 is 15.0 Å². The molecule has 1 spiro atoms. The topological polar surface area (TPSA) is 181 Å². The van der Waals surface area contributed by atoms with Crippen LogP contribution in [0, 0.1) is 23.7 Å². The Morgan fingerprint density at radius 3 is 2.03 bits per heavy atom. The summed E-state index contributed by atoms with van der Waals surface area (Å²) in [6.07, 6.45) is 2.93. The second kappa shape index (κ2) is 22.5. The largest absolute Gasteiger partial charge is 0.491 e. The number of aliphatic hydroxyl groups is 1. The number of nitrogens with one attached hydrogen (secondary N) is 1. The van der Waals surface area contributed by atoms with Gasteiger partial charge in [-0.1, -0.05) is 140 Å². The number of aliphatic hydroxyl groups excluding tert-OH is 1. The normalized spacial score (nSPS) is 22.8. The average molecular weight is 1000 g/mol. The zero-order valence-corrected chi connectivity index (χ0v) is 41.7. The van der Waals surface area contributed by atoms with Crippen molar-refractivity contribution in [3.8, 4) is 17.6 Å². The standard InChI is InChI=1S/C59H60N4O11/c1-38(40-22-10-7-11-23-40)60-58(70)62-46-32-31-39(21-20-29-44(54(66)71-2)55(67)72-3)37-45(46)59(57(62)69)48(53(65)61-33-18-5-4-6-19-34-61)50-56(68)74-51(42-26-14-9-15-27-42)49(41-24-12-8-13-25-41)63(50)52(59)43-28-16-17-30-47(43)73-36-35-64/h7-17,22-28,30-32,37-38,44,48-52,64H,4-6,18-19,29,33-36H2,1-3H3,(H,60,70)/t38-,48-,49-,50-,51+,52+,59-/m1/s1. The van der Waals surface area contributed by atoms with Gasteiger partial charge in [0, 0.05) is 30.6 Å². The highest BCUT2D eigenvalue weighted by Crippen LogP contribution is 2.67. The number of benzene rings is 5. The highest BCUT2D eigenvalue weighted by atomic mass is 16.6. The number of cyclic esters (lactones) is 1. The fourth-order valence-corrected chi connectivity index (χ4v) is 11.5. The zero-order chi connectivity index (χ0) is 51.9. The number of hydrogen-bond acceptors (Lipinski definition) is 12. The number of urea groups is 1. The summed E-state index contributed by atoms with van der Waals surface area (Å²) in [6, 6.07) is 35.3. The molecule has 9 rings (SSSR count). The van der Waals surface area contributed by atoms with Gasteiger partial charge in [0.25, 0.3) is 0 Å². The number of para-hydroxylation sites is 1. The molecule has 382 valence electrons. The number of hydrogen-bond donors (Lipinski definition) is 2. The molecule has 3 saturated heterocycles. The molecule has 4 heterocycles. The minimum atomic E-state index is -2.11. The maximum absolute atomic E-state index is 16.9. The Hall–Kier alpha value is -7.80. The highest BCUT2D eigenvalue weighted by molar-refractivity contribution is 6.25. The first kappa shape index (κ1) is 51.1. The van der Waals surface area contributed by atoms with E-state index in [-0.39, 0.29) is 36.6 Å². The van der Waals surface area contributed by atoms with Crippen molar-refractivity contribution in [3.63, 3.8) is 0 Å². The van der Waals surface area contributed by atoms with Crippen LogP contribution in [0.25, 0.3) is 0 Å². The summed E-state index contributed by atoms with van der Waals surface area (Å²) in [5.74, 6) is -0.156. The van der Waals surface area contributed by atoms with Crippen molar-refractivity contribution in [1.82, 2.24) is 15.1 Å². The number of amides is 4. The van der Waals surface area contributed by atoms with Gasteiger partial charge >= 0.3 is 23.9 Å². The minimum absolute atomic E-state index is 0.124. The van der Waals surface area contributed by atoms with E-state index in [0.717, 1.165) is 49.5 Å². The summed E-state index contributed by atoms with van der Waals surface area (Å²) in [5.41, 5.74) is 1.22. The number of fused-ring (bicyclic) bond motifs is 3. The molecule has 7 atom stereocenters. The van der Waals surface area contributed by atoms with E-state index in [1.54, 1.807) is 47.4 Å². The molecule has 0 bridgehead atoms. The van der Waals surface area contributed by atoms with Crippen molar-refractivity contribution in [3.05, 3.63) is 167 Å². The maximum atomic E-state index is 16.9. The van der Waals surface area contributed by atoms with E-state index in [9.17, 15) is 14.7 Å². The van der Waals surface area contributed by atoms with Crippen molar-refractivity contribution in [2.75, 3.05) is 45.4 Å². The quantitative estimate of drug-likeness (QED) is 0.0539. The van der Waals surface area contributed by atoms with Gasteiger partial charge in [-0.3, -0.25) is 28.9 Å². The summed E-state index contributed by atoms with van der Waals surface area (Å²) in [5, 5.41) is 13.3. The monoisotopic (exact) mass is 1000 g/mol. The molecular formula is C59H60N4O11. The number of carbonyl (C=O) groups is 6. The summed E-state index contributed by atoms with van der Waals surface area (Å²) in [4.78, 5) is 94.6. The molecule has 0 saturated carbocycles. The van der Waals surface area contributed by atoms with Crippen LogP contribution in [0.2, 0.25) is 0 Å². The van der Waals surface area contributed by atoms with Crippen molar-refractivity contribution in [2.45, 2.75) is 81.1 Å². The summed E-state index contributed by atoms with van der Waals surface area (Å²) in [6.45, 7) is 2.09. The van der Waals surface area contributed by atoms with E-state index in [2.05, 4.69) is 17.2 Å². The van der Waals surface area contributed by atoms with Crippen molar-refractivity contribution < 1.29 is 52.8 Å². The third-order valence-electron chi connectivity index (χ3n) is 14.8. The summed E-state index contributed by atoms with van der Waals surface area (Å²) in [7, 11) is 2.32. The molecule has 0 radical (unpaired) electrons. The Bertz CT molecular complexity index is 2920. The predicted molar refractivity (Wildman–Crippen MR) is 273 cm³/mol. The van der Waals surface area contributed by atoms with Gasteiger partial charge in [0.05, 0.1) is 50.6 Å². The van der Waals surface area contributed by atoms with Gasteiger partial charge in [0.1, 0.15) is 29.9 Å². The molecule has 0 aliphatic carbocycles. The van der Waals surface area contributed by atoms with Gasteiger partial charge in [0.15, 0.2) is 5.92 Å². The molecule has 5 aromatic carbocycles. The fraction of sp³-hybridized carbons (Fsp3) is 0.356. The molecule has 4 aliphatic heterocycles. The third-order valence-corrected chi connectivity index (χ3v) is 14.8. The lowest BCUT2D eigenvalue weighted by atomic mass is 9.64. The maximum Gasteiger partial charge on any atom is 0.329 e. The number of morpholine rings is 1. The first-order valence-electron chi connectivity index (χ1n) is 25.2. The molecular weight excluding hydrogens is 941 g/mol. The number of carbonyl (C=O) groups excluding carboxylic acids is 6. The van der Waals surface area contributed by atoms with E-state index in [4.69, 9.17) is 18.9 Å². The van der Waals surface area contributed by atoms with Crippen molar-refractivity contribution in [2.24, 2.45) is 11.8 Å². The highest BCUT2D eigenvalue weighted by Gasteiger charge is 2.76. The van der Waals surface area contributed by atoms with E-state index in [0.29, 0.717) is 42.6 Å². The first-order valence-corrected chi connectivity index (χ1v) is 25.2. The molecule has 2 N–H and O–H groups in total. The van der Waals surface area contributed by atoms with E-state index in [1.165, 1.54) is 0 Å². The predicted octanol–water partition coefficient (Wildman–Crippen LogP) is 7.69. The van der Waals surface area contributed by atoms with Gasteiger partial charge in [-0.05, 0) is 66.3 Å². The van der Waals surface area contributed by atoms with Crippen LogP contribution in [0.15, 0.2) is 133 Å². The van der Waals surface area contributed by atoms with E-state index >= 15 is 19.2 Å². The average Bonchev–Trinajstić information content (AvgIpc) is 3.95. The molecule has 4 amide bonds. The van der Waals surface area contributed by atoms with Crippen LogP contribution in [-0.2, 0) is 43.6 Å². The van der Waals surface area contributed by atoms with Crippen LogP contribution in [-0.4, -0.2) is 97.2 Å². The summed E-state index contributed by atoms with van der Waals surface area (Å²) >= 11 is 0.